The standard InChI is InChI=1S/C12H19N3O/c13-5-6-14-11-1-3-12(4-2-11)15-7-9-16-10-8-15/h1-4,14H,5-10,13H2. The van der Waals surface area contributed by atoms with Gasteiger partial charge in [0.2, 0.25) is 0 Å². The van der Waals surface area contributed by atoms with Crippen LogP contribution in [0.2, 0.25) is 0 Å². The van der Waals surface area contributed by atoms with Gasteiger partial charge in [-0.25, -0.2) is 0 Å². The molecule has 1 aromatic rings. The molecule has 16 heavy (non-hydrogen) atoms. The van der Waals surface area contributed by atoms with Gasteiger partial charge in [-0.15, -0.1) is 0 Å². The van der Waals surface area contributed by atoms with E-state index in [1.54, 1.807) is 0 Å². The van der Waals surface area contributed by atoms with Crippen molar-refractivity contribution in [2.75, 3.05) is 49.6 Å². The summed E-state index contributed by atoms with van der Waals surface area (Å²) < 4.78 is 5.33. The van der Waals surface area contributed by atoms with Crippen molar-refractivity contribution in [1.82, 2.24) is 0 Å². The summed E-state index contributed by atoms with van der Waals surface area (Å²) in [6, 6.07) is 8.48. The van der Waals surface area contributed by atoms with Gasteiger partial charge in [-0.2, -0.15) is 0 Å². The maximum absolute atomic E-state index is 5.44. The number of nitrogens with one attached hydrogen (secondary N) is 1. The minimum atomic E-state index is 0.658. The molecule has 0 atom stereocenters. The number of nitrogens with two attached hydrogens (primary N) is 1. The Bertz CT molecular complexity index is 307. The number of morpholine rings is 1. The molecule has 3 N–H and O–H groups in total. The maximum atomic E-state index is 5.44. The first-order chi connectivity index (χ1) is 7.90. The van der Waals surface area contributed by atoms with Crippen LogP contribution in [-0.2, 0) is 4.74 Å². The second-order valence-corrected chi connectivity index (χ2v) is 3.86. The minimum absolute atomic E-state index is 0.658. The van der Waals surface area contributed by atoms with Gasteiger partial charge in [-0.3, -0.25) is 0 Å². The second-order valence-electron chi connectivity index (χ2n) is 3.86. The highest BCUT2D eigenvalue weighted by atomic mass is 16.5. The number of anilines is 2. The zero-order valence-corrected chi connectivity index (χ0v) is 9.48. The zero-order chi connectivity index (χ0) is 11.2. The molecule has 1 aliphatic rings. The monoisotopic (exact) mass is 221 g/mol. The molecule has 0 saturated carbocycles. The van der Waals surface area contributed by atoms with E-state index in [9.17, 15) is 0 Å². The van der Waals surface area contributed by atoms with E-state index < -0.39 is 0 Å². The first-order valence-corrected chi connectivity index (χ1v) is 5.77. The van der Waals surface area contributed by atoms with Crippen LogP contribution in [0.25, 0.3) is 0 Å². The summed E-state index contributed by atoms with van der Waals surface area (Å²) in [5.41, 5.74) is 7.83. The molecule has 1 saturated heterocycles. The van der Waals surface area contributed by atoms with Gasteiger partial charge in [0.05, 0.1) is 13.2 Å². The van der Waals surface area contributed by atoms with E-state index in [-0.39, 0.29) is 0 Å². The Labute approximate surface area is 96.4 Å². The van der Waals surface area contributed by atoms with Crippen LogP contribution in [-0.4, -0.2) is 39.4 Å². The Hall–Kier alpha value is -1.26. The smallest absolute Gasteiger partial charge is 0.0642 e. The lowest BCUT2D eigenvalue weighted by Crippen LogP contribution is -2.36. The number of nitrogens with zero attached hydrogens (tertiary/aromatic N) is 1. The predicted octanol–water partition coefficient (Wildman–Crippen LogP) is 0.894. The Morgan fingerprint density at radius 3 is 2.50 bits per heavy atom. The molecule has 88 valence electrons. The number of hydrogen-bond acceptors (Lipinski definition) is 4. The summed E-state index contributed by atoms with van der Waals surface area (Å²) in [7, 11) is 0. The molecule has 1 aromatic carbocycles. The maximum Gasteiger partial charge on any atom is 0.0642 e. The molecule has 0 unspecified atom stereocenters. The molecule has 0 amide bonds. The molecule has 0 aliphatic carbocycles. The summed E-state index contributed by atoms with van der Waals surface area (Å²) in [6.07, 6.45) is 0. The average Bonchev–Trinajstić information content (AvgIpc) is 2.38. The van der Waals surface area contributed by atoms with Gasteiger partial charge in [-0.05, 0) is 24.3 Å². The van der Waals surface area contributed by atoms with Crippen LogP contribution in [0.3, 0.4) is 0 Å². The molecule has 4 nitrogen and oxygen atoms in total. The van der Waals surface area contributed by atoms with Crippen molar-refractivity contribution in [2.45, 2.75) is 0 Å². The van der Waals surface area contributed by atoms with Crippen molar-refractivity contribution in [1.29, 1.82) is 0 Å². The quantitative estimate of drug-likeness (QED) is 0.793. The summed E-state index contributed by atoms with van der Waals surface area (Å²) in [5.74, 6) is 0. The first-order valence-electron chi connectivity index (χ1n) is 5.77. The molecular formula is C12H19N3O. The van der Waals surface area contributed by atoms with Crippen LogP contribution in [0.5, 0.6) is 0 Å². The van der Waals surface area contributed by atoms with Gasteiger partial charge in [0.15, 0.2) is 0 Å². The van der Waals surface area contributed by atoms with E-state index in [0.29, 0.717) is 6.54 Å². The number of hydrogen-bond donors (Lipinski definition) is 2. The summed E-state index contributed by atoms with van der Waals surface area (Å²) >= 11 is 0. The van der Waals surface area contributed by atoms with Crippen LogP contribution >= 0.6 is 0 Å². The normalized spacial score (nSPS) is 16.2. The fourth-order valence-electron chi connectivity index (χ4n) is 1.83. The van der Waals surface area contributed by atoms with Crippen molar-refractivity contribution >= 4 is 11.4 Å². The van der Waals surface area contributed by atoms with Gasteiger partial charge in [-0.1, -0.05) is 0 Å². The molecule has 0 aromatic heterocycles. The van der Waals surface area contributed by atoms with Crippen LogP contribution < -0.4 is 16.0 Å². The zero-order valence-electron chi connectivity index (χ0n) is 9.48. The van der Waals surface area contributed by atoms with Crippen LogP contribution in [0.15, 0.2) is 24.3 Å². The Kier molecular flexibility index (Phi) is 4.02. The lowest BCUT2D eigenvalue weighted by atomic mass is 10.2. The van der Waals surface area contributed by atoms with E-state index in [1.807, 2.05) is 0 Å². The lowest BCUT2D eigenvalue weighted by molar-refractivity contribution is 0.122. The Morgan fingerprint density at radius 1 is 1.19 bits per heavy atom. The van der Waals surface area contributed by atoms with Gasteiger partial charge in [0, 0.05) is 37.6 Å². The summed E-state index contributed by atoms with van der Waals surface area (Å²) in [4.78, 5) is 2.34. The molecule has 1 fully saturated rings. The molecule has 4 heteroatoms. The molecule has 1 heterocycles. The number of benzene rings is 1. The van der Waals surface area contributed by atoms with E-state index >= 15 is 0 Å². The predicted molar refractivity (Wildman–Crippen MR) is 67.0 cm³/mol. The van der Waals surface area contributed by atoms with Crippen molar-refractivity contribution in [3.63, 3.8) is 0 Å². The van der Waals surface area contributed by atoms with E-state index in [4.69, 9.17) is 10.5 Å². The fraction of sp³-hybridized carbons (Fsp3) is 0.500. The average molecular weight is 221 g/mol. The topological polar surface area (TPSA) is 50.5 Å². The number of rotatable bonds is 4. The fourth-order valence-corrected chi connectivity index (χ4v) is 1.83. The molecule has 0 bridgehead atoms. The van der Waals surface area contributed by atoms with E-state index in [1.165, 1.54) is 5.69 Å². The lowest BCUT2D eigenvalue weighted by Gasteiger charge is -2.28. The molecule has 0 spiro atoms. The van der Waals surface area contributed by atoms with Crippen LogP contribution in [0.4, 0.5) is 11.4 Å². The molecule has 2 rings (SSSR count). The SMILES string of the molecule is NCCNc1ccc(N2CCOCC2)cc1. The molecule has 0 radical (unpaired) electrons. The van der Waals surface area contributed by atoms with Crippen molar-refractivity contribution < 1.29 is 4.74 Å². The Balaban J connectivity index is 1.95. The van der Waals surface area contributed by atoms with Crippen molar-refractivity contribution in [2.24, 2.45) is 5.73 Å². The van der Waals surface area contributed by atoms with E-state index in [2.05, 4.69) is 34.5 Å². The Morgan fingerprint density at radius 2 is 1.88 bits per heavy atom. The van der Waals surface area contributed by atoms with Gasteiger partial charge in [0.1, 0.15) is 0 Å². The third kappa shape index (κ3) is 2.87. The van der Waals surface area contributed by atoms with Crippen LogP contribution in [0, 0.1) is 0 Å². The molecule has 1 aliphatic heterocycles. The minimum Gasteiger partial charge on any atom is -0.384 e. The van der Waals surface area contributed by atoms with Gasteiger partial charge in [0.25, 0.3) is 0 Å². The first kappa shape index (κ1) is 11.2. The van der Waals surface area contributed by atoms with Crippen molar-refractivity contribution in [3.8, 4) is 0 Å². The largest absolute Gasteiger partial charge is 0.384 e. The van der Waals surface area contributed by atoms with Crippen LogP contribution in [0.1, 0.15) is 0 Å². The van der Waals surface area contributed by atoms with E-state index in [0.717, 1.165) is 38.5 Å². The highest BCUT2D eigenvalue weighted by Gasteiger charge is 2.10. The second kappa shape index (κ2) is 5.72. The highest BCUT2D eigenvalue weighted by molar-refractivity contribution is 5.55. The van der Waals surface area contributed by atoms with Gasteiger partial charge >= 0.3 is 0 Å². The number of ether oxygens (including phenoxy) is 1. The third-order valence-electron chi connectivity index (χ3n) is 2.72. The molecular weight excluding hydrogens is 202 g/mol. The summed E-state index contributed by atoms with van der Waals surface area (Å²) in [6.45, 7) is 5.09. The highest BCUT2D eigenvalue weighted by Crippen LogP contribution is 2.18. The summed E-state index contributed by atoms with van der Waals surface area (Å²) in [5, 5.41) is 3.26. The van der Waals surface area contributed by atoms with Crippen molar-refractivity contribution in [3.05, 3.63) is 24.3 Å². The third-order valence-corrected chi connectivity index (χ3v) is 2.72. The van der Waals surface area contributed by atoms with Gasteiger partial charge < -0.3 is 20.7 Å².